The zero-order valence-electron chi connectivity index (χ0n) is 9.36. The maximum atomic E-state index is 5.56. The van der Waals surface area contributed by atoms with Crippen molar-refractivity contribution >= 4 is 17.3 Å². The predicted octanol–water partition coefficient (Wildman–Crippen LogP) is 2.42. The molecule has 4 nitrogen and oxygen atoms in total. The summed E-state index contributed by atoms with van der Waals surface area (Å²) in [5.74, 6) is 1.07. The van der Waals surface area contributed by atoms with Crippen LogP contribution in [0.3, 0.4) is 0 Å². The fraction of sp³-hybridized carbons (Fsp3) is 0.167. The van der Waals surface area contributed by atoms with Crippen LogP contribution in [0, 0.1) is 13.8 Å². The van der Waals surface area contributed by atoms with Crippen molar-refractivity contribution in [2.24, 2.45) is 0 Å². The summed E-state index contributed by atoms with van der Waals surface area (Å²) >= 11 is 0. The van der Waals surface area contributed by atoms with E-state index < -0.39 is 0 Å². The van der Waals surface area contributed by atoms with E-state index in [0.717, 1.165) is 5.69 Å². The molecule has 0 radical (unpaired) electrons. The third-order valence-electron chi connectivity index (χ3n) is 2.30. The average Bonchev–Trinajstić information content (AvgIpc) is 2.22. The molecule has 0 saturated heterocycles. The van der Waals surface area contributed by atoms with Gasteiger partial charge in [-0.3, -0.25) is 4.98 Å². The first-order valence-corrected chi connectivity index (χ1v) is 5.07. The summed E-state index contributed by atoms with van der Waals surface area (Å²) in [6.45, 7) is 4.12. The molecule has 0 saturated carbocycles. The maximum Gasteiger partial charge on any atom is 0.151 e. The molecule has 0 unspecified atom stereocenters. The van der Waals surface area contributed by atoms with Crippen molar-refractivity contribution in [1.29, 1.82) is 0 Å². The lowest BCUT2D eigenvalue weighted by Gasteiger charge is -2.09. The Morgan fingerprint density at radius 2 is 2.00 bits per heavy atom. The predicted molar refractivity (Wildman–Crippen MR) is 65.6 cm³/mol. The Morgan fingerprint density at radius 3 is 2.69 bits per heavy atom. The summed E-state index contributed by atoms with van der Waals surface area (Å²) in [5.41, 5.74) is 8.99. The summed E-state index contributed by atoms with van der Waals surface area (Å²) in [4.78, 5) is 8.11. The van der Waals surface area contributed by atoms with Crippen LogP contribution < -0.4 is 11.1 Å². The summed E-state index contributed by atoms with van der Waals surface area (Å²) < 4.78 is 0. The van der Waals surface area contributed by atoms with Gasteiger partial charge in [0.1, 0.15) is 5.82 Å². The Kier molecular flexibility index (Phi) is 2.72. The molecular weight excluding hydrogens is 200 g/mol. The number of aromatic nitrogens is 2. The maximum absolute atomic E-state index is 5.56. The van der Waals surface area contributed by atoms with Crippen molar-refractivity contribution in [1.82, 2.24) is 9.97 Å². The van der Waals surface area contributed by atoms with E-state index in [9.17, 15) is 0 Å². The smallest absolute Gasteiger partial charge is 0.151 e. The van der Waals surface area contributed by atoms with Crippen LogP contribution >= 0.6 is 0 Å². The molecule has 0 spiro atoms. The number of anilines is 3. The lowest BCUT2D eigenvalue weighted by molar-refractivity contribution is 1.20. The van der Waals surface area contributed by atoms with E-state index in [0.29, 0.717) is 11.6 Å². The Hall–Kier alpha value is -2.10. The zero-order chi connectivity index (χ0) is 11.5. The van der Waals surface area contributed by atoms with Crippen LogP contribution in [-0.2, 0) is 0 Å². The number of benzene rings is 1. The summed E-state index contributed by atoms with van der Waals surface area (Å²) in [6, 6.07) is 6.19. The lowest BCUT2D eigenvalue weighted by atomic mass is 10.1. The molecule has 0 bridgehead atoms. The summed E-state index contributed by atoms with van der Waals surface area (Å²) in [7, 11) is 0. The third-order valence-corrected chi connectivity index (χ3v) is 2.30. The monoisotopic (exact) mass is 214 g/mol. The molecule has 16 heavy (non-hydrogen) atoms. The number of rotatable bonds is 2. The first-order valence-electron chi connectivity index (χ1n) is 5.07. The molecule has 3 N–H and O–H groups in total. The molecule has 1 aromatic carbocycles. The molecule has 0 aliphatic rings. The topological polar surface area (TPSA) is 63.8 Å². The Labute approximate surface area is 94.5 Å². The first kappa shape index (κ1) is 10.4. The van der Waals surface area contributed by atoms with Gasteiger partial charge in [-0.1, -0.05) is 17.7 Å². The van der Waals surface area contributed by atoms with Crippen LogP contribution in [0.1, 0.15) is 11.1 Å². The van der Waals surface area contributed by atoms with E-state index in [4.69, 9.17) is 5.73 Å². The van der Waals surface area contributed by atoms with Gasteiger partial charge < -0.3 is 11.1 Å². The third kappa shape index (κ3) is 2.28. The van der Waals surface area contributed by atoms with Gasteiger partial charge in [0.2, 0.25) is 0 Å². The molecule has 0 aliphatic heterocycles. The molecule has 0 atom stereocenters. The van der Waals surface area contributed by atoms with Crippen molar-refractivity contribution in [3.63, 3.8) is 0 Å². The van der Waals surface area contributed by atoms with Gasteiger partial charge in [-0.15, -0.1) is 0 Å². The van der Waals surface area contributed by atoms with Crippen LogP contribution in [-0.4, -0.2) is 9.97 Å². The van der Waals surface area contributed by atoms with Gasteiger partial charge in [0.05, 0.1) is 12.4 Å². The number of nitrogens with zero attached hydrogens (tertiary/aromatic N) is 2. The average molecular weight is 214 g/mol. The van der Waals surface area contributed by atoms with E-state index in [1.807, 2.05) is 6.07 Å². The van der Waals surface area contributed by atoms with E-state index in [-0.39, 0.29) is 0 Å². The molecule has 2 aromatic rings. The van der Waals surface area contributed by atoms with Crippen molar-refractivity contribution in [2.45, 2.75) is 13.8 Å². The summed E-state index contributed by atoms with van der Waals surface area (Å²) in [6.07, 6.45) is 3.17. The zero-order valence-corrected chi connectivity index (χ0v) is 9.36. The lowest BCUT2D eigenvalue weighted by Crippen LogP contribution is -1.99. The van der Waals surface area contributed by atoms with Crippen LogP contribution in [0.4, 0.5) is 17.3 Å². The van der Waals surface area contributed by atoms with E-state index in [1.165, 1.54) is 17.3 Å². The quantitative estimate of drug-likeness (QED) is 0.805. The van der Waals surface area contributed by atoms with E-state index in [2.05, 4.69) is 41.3 Å². The molecule has 0 aliphatic carbocycles. The molecular formula is C12H14N4. The summed E-state index contributed by atoms with van der Waals surface area (Å²) in [5, 5.41) is 3.19. The minimum absolute atomic E-state index is 0.412. The van der Waals surface area contributed by atoms with Gasteiger partial charge in [-0.25, -0.2) is 4.98 Å². The van der Waals surface area contributed by atoms with Crippen LogP contribution in [0.15, 0.2) is 30.6 Å². The highest BCUT2D eigenvalue weighted by Crippen LogP contribution is 2.19. The number of nitrogens with one attached hydrogen (secondary N) is 1. The standard InChI is InChI=1S/C12H14N4/c1-8-3-4-10(9(2)5-8)15-12-7-14-6-11(13)16-12/h3-7H,1-2H3,(H3,13,15,16). The molecule has 0 amide bonds. The molecule has 82 valence electrons. The van der Waals surface area contributed by atoms with E-state index in [1.54, 1.807) is 6.20 Å². The molecule has 1 aromatic heterocycles. The minimum atomic E-state index is 0.412. The number of aryl methyl sites for hydroxylation is 2. The second-order valence-electron chi connectivity index (χ2n) is 3.77. The number of hydrogen-bond donors (Lipinski definition) is 2. The second kappa shape index (κ2) is 4.18. The van der Waals surface area contributed by atoms with Crippen molar-refractivity contribution in [3.8, 4) is 0 Å². The van der Waals surface area contributed by atoms with Crippen LogP contribution in [0.5, 0.6) is 0 Å². The molecule has 2 rings (SSSR count). The van der Waals surface area contributed by atoms with Gasteiger partial charge in [0, 0.05) is 5.69 Å². The van der Waals surface area contributed by atoms with Gasteiger partial charge >= 0.3 is 0 Å². The number of nitrogen functional groups attached to an aromatic ring is 1. The fourth-order valence-corrected chi connectivity index (χ4v) is 1.53. The Bertz CT molecular complexity index is 508. The van der Waals surface area contributed by atoms with Crippen molar-refractivity contribution in [3.05, 3.63) is 41.7 Å². The van der Waals surface area contributed by atoms with Gasteiger partial charge in [-0.2, -0.15) is 0 Å². The SMILES string of the molecule is Cc1ccc(Nc2cncc(N)n2)c(C)c1. The van der Waals surface area contributed by atoms with Gasteiger partial charge in [0.15, 0.2) is 5.82 Å². The first-order chi connectivity index (χ1) is 7.65. The highest BCUT2D eigenvalue weighted by molar-refractivity contribution is 5.61. The normalized spacial score (nSPS) is 10.1. The van der Waals surface area contributed by atoms with Crippen LogP contribution in [0.25, 0.3) is 0 Å². The highest BCUT2D eigenvalue weighted by Gasteiger charge is 2.00. The minimum Gasteiger partial charge on any atom is -0.382 e. The second-order valence-corrected chi connectivity index (χ2v) is 3.77. The van der Waals surface area contributed by atoms with Gasteiger partial charge in [-0.05, 0) is 25.5 Å². The van der Waals surface area contributed by atoms with E-state index >= 15 is 0 Å². The molecule has 1 heterocycles. The fourth-order valence-electron chi connectivity index (χ4n) is 1.53. The Balaban J connectivity index is 2.27. The highest BCUT2D eigenvalue weighted by atomic mass is 15.0. The largest absolute Gasteiger partial charge is 0.382 e. The van der Waals surface area contributed by atoms with Crippen LogP contribution in [0.2, 0.25) is 0 Å². The molecule has 4 heteroatoms. The number of nitrogens with two attached hydrogens (primary N) is 1. The van der Waals surface area contributed by atoms with Gasteiger partial charge in [0.25, 0.3) is 0 Å². The number of hydrogen-bond acceptors (Lipinski definition) is 4. The Morgan fingerprint density at radius 1 is 1.19 bits per heavy atom. The molecule has 0 fully saturated rings. The van der Waals surface area contributed by atoms with Crippen molar-refractivity contribution < 1.29 is 0 Å². The van der Waals surface area contributed by atoms with Crippen molar-refractivity contribution in [2.75, 3.05) is 11.1 Å².